The highest BCUT2D eigenvalue weighted by atomic mass is 16.5. The predicted octanol–water partition coefficient (Wildman–Crippen LogP) is 0.542. The number of likely N-dealkylation sites (tertiary alicyclic amines) is 1. The number of aromatic nitrogens is 1. The summed E-state index contributed by atoms with van der Waals surface area (Å²) < 4.78 is 5.51. The predicted molar refractivity (Wildman–Crippen MR) is 75.7 cm³/mol. The highest BCUT2D eigenvalue weighted by molar-refractivity contribution is 5.91. The van der Waals surface area contributed by atoms with Gasteiger partial charge in [0.15, 0.2) is 0 Å². The molecule has 6 heteroatoms. The van der Waals surface area contributed by atoms with E-state index in [1.54, 1.807) is 13.2 Å². The second kappa shape index (κ2) is 6.78. The zero-order chi connectivity index (χ0) is 14.5. The molecule has 1 aromatic rings. The standard InChI is InChI=1S/C14H22N4O2/c1-10-6-7-18(9-13(10)20-2)8-11-4-3-5-12(16-11)14(19)17-15/h3-5,10,13H,6-9,15H2,1-2H3,(H,17,19). The Morgan fingerprint density at radius 2 is 2.40 bits per heavy atom. The Labute approximate surface area is 119 Å². The highest BCUT2D eigenvalue weighted by Crippen LogP contribution is 2.20. The molecule has 1 amide bonds. The molecule has 0 radical (unpaired) electrons. The summed E-state index contributed by atoms with van der Waals surface area (Å²) in [7, 11) is 1.76. The van der Waals surface area contributed by atoms with E-state index in [9.17, 15) is 4.79 Å². The number of hydrazine groups is 1. The van der Waals surface area contributed by atoms with E-state index < -0.39 is 0 Å². The minimum absolute atomic E-state index is 0.263. The van der Waals surface area contributed by atoms with E-state index in [0.29, 0.717) is 11.6 Å². The maximum atomic E-state index is 11.5. The van der Waals surface area contributed by atoms with E-state index in [-0.39, 0.29) is 12.0 Å². The molecule has 1 aromatic heterocycles. The van der Waals surface area contributed by atoms with Crippen molar-refractivity contribution in [1.82, 2.24) is 15.3 Å². The summed E-state index contributed by atoms with van der Waals surface area (Å²) in [4.78, 5) is 18.1. The van der Waals surface area contributed by atoms with Gasteiger partial charge in [-0.05, 0) is 31.0 Å². The summed E-state index contributed by atoms with van der Waals surface area (Å²) in [6.45, 7) is 4.86. The SMILES string of the molecule is COC1CN(Cc2cccc(C(=O)NN)n2)CCC1C. The summed E-state index contributed by atoms with van der Waals surface area (Å²) in [5.74, 6) is 5.34. The Morgan fingerprint density at radius 3 is 3.10 bits per heavy atom. The molecule has 2 rings (SSSR count). The Kier molecular flexibility index (Phi) is 5.05. The summed E-state index contributed by atoms with van der Waals surface area (Å²) in [5.41, 5.74) is 3.32. The molecule has 2 atom stereocenters. The van der Waals surface area contributed by atoms with Crippen molar-refractivity contribution in [2.75, 3.05) is 20.2 Å². The maximum absolute atomic E-state index is 11.5. The van der Waals surface area contributed by atoms with Gasteiger partial charge in [0.05, 0.1) is 11.8 Å². The molecule has 110 valence electrons. The number of pyridine rings is 1. The number of hydrogen-bond donors (Lipinski definition) is 2. The number of hydrogen-bond acceptors (Lipinski definition) is 5. The Balaban J connectivity index is 2.01. The third-order valence-corrected chi connectivity index (χ3v) is 3.83. The van der Waals surface area contributed by atoms with Crippen LogP contribution in [0.15, 0.2) is 18.2 Å². The van der Waals surface area contributed by atoms with Gasteiger partial charge in [-0.25, -0.2) is 10.8 Å². The van der Waals surface area contributed by atoms with Gasteiger partial charge in [-0.15, -0.1) is 0 Å². The summed E-state index contributed by atoms with van der Waals surface area (Å²) in [6.07, 6.45) is 1.38. The van der Waals surface area contributed by atoms with Gasteiger partial charge in [0.25, 0.3) is 5.91 Å². The number of ether oxygens (including phenoxy) is 1. The lowest BCUT2D eigenvalue weighted by atomic mass is 9.96. The van der Waals surface area contributed by atoms with Gasteiger partial charge in [0.2, 0.25) is 0 Å². The summed E-state index contributed by atoms with van der Waals surface area (Å²) in [6, 6.07) is 5.41. The quantitative estimate of drug-likeness (QED) is 0.477. The van der Waals surface area contributed by atoms with E-state index in [2.05, 4.69) is 22.2 Å². The van der Waals surface area contributed by atoms with Crippen molar-refractivity contribution in [2.24, 2.45) is 11.8 Å². The fourth-order valence-corrected chi connectivity index (χ4v) is 2.55. The van der Waals surface area contributed by atoms with Crippen molar-refractivity contribution in [3.05, 3.63) is 29.6 Å². The number of rotatable bonds is 4. The molecule has 0 aromatic carbocycles. The molecule has 2 heterocycles. The number of piperidine rings is 1. The van der Waals surface area contributed by atoms with Crippen molar-refractivity contribution in [3.63, 3.8) is 0 Å². The van der Waals surface area contributed by atoms with Gasteiger partial charge in [0, 0.05) is 20.2 Å². The fraction of sp³-hybridized carbons (Fsp3) is 0.571. The lowest BCUT2D eigenvalue weighted by Gasteiger charge is -2.36. The monoisotopic (exact) mass is 278 g/mol. The van der Waals surface area contributed by atoms with E-state index in [1.165, 1.54) is 0 Å². The van der Waals surface area contributed by atoms with Crippen LogP contribution >= 0.6 is 0 Å². The summed E-state index contributed by atoms with van der Waals surface area (Å²) >= 11 is 0. The summed E-state index contributed by atoms with van der Waals surface area (Å²) in [5, 5.41) is 0. The Hall–Kier alpha value is -1.50. The van der Waals surface area contributed by atoms with Gasteiger partial charge >= 0.3 is 0 Å². The third kappa shape index (κ3) is 3.53. The van der Waals surface area contributed by atoms with Crippen LogP contribution in [0.1, 0.15) is 29.5 Å². The minimum atomic E-state index is -0.367. The van der Waals surface area contributed by atoms with Crippen LogP contribution in [-0.4, -0.2) is 42.1 Å². The highest BCUT2D eigenvalue weighted by Gasteiger charge is 2.26. The number of nitrogens with zero attached hydrogens (tertiary/aromatic N) is 2. The Morgan fingerprint density at radius 1 is 1.60 bits per heavy atom. The van der Waals surface area contributed by atoms with E-state index >= 15 is 0 Å². The zero-order valence-electron chi connectivity index (χ0n) is 12.0. The van der Waals surface area contributed by atoms with Crippen LogP contribution in [0, 0.1) is 5.92 Å². The molecular formula is C14H22N4O2. The number of nitrogen functional groups attached to an aromatic ring is 1. The fourth-order valence-electron chi connectivity index (χ4n) is 2.55. The lowest BCUT2D eigenvalue weighted by Crippen LogP contribution is -2.43. The molecule has 6 nitrogen and oxygen atoms in total. The first-order valence-corrected chi connectivity index (χ1v) is 6.86. The van der Waals surface area contributed by atoms with Crippen LogP contribution < -0.4 is 11.3 Å². The number of carbonyl (C=O) groups excluding carboxylic acids is 1. The van der Waals surface area contributed by atoms with E-state index in [4.69, 9.17) is 10.6 Å². The van der Waals surface area contributed by atoms with Crippen molar-refractivity contribution in [3.8, 4) is 0 Å². The zero-order valence-corrected chi connectivity index (χ0v) is 12.0. The van der Waals surface area contributed by atoms with Crippen molar-refractivity contribution in [2.45, 2.75) is 26.0 Å². The van der Waals surface area contributed by atoms with Gasteiger partial charge < -0.3 is 4.74 Å². The molecule has 0 aliphatic carbocycles. The van der Waals surface area contributed by atoms with Crippen LogP contribution in [-0.2, 0) is 11.3 Å². The first-order valence-electron chi connectivity index (χ1n) is 6.86. The number of nitrogens with one attached hydrogen (secondary N) is 1. The molecule has 20 heavy (non-hydrogen) atoms. The van der Waals surface area contributed by atoms with Gasteiger partial charge in [-0.2, -0.15) is 0 Å². The minimum Gasteiger partial charge on any atom is -0.380 e. The number of nitrogens with two attached hydrogens (primary N) is 1. The third-order valence-electron chi connectivity index (χ3n) is 3.83. The largest absolute Gasteiger partial charge is 0.380 e. The first-order chi connectivity index (χ1) is 9.63. The van der Waals surface area contributed by atoms with Crippen LogP contribution in [0.5, 0.6) is 0 Å². The molecule has 0 bridgehead atoms. The smallest absolute Gasteiger partial charge is 0.283 e. The normalized spacial score (nSPS) is 23.6. The molecule has 1 aliphatic heterocycles. The topological polar surface area (TPSA) is 80.5 Å². The van der Waals surface area contributed by atoms with Crippen LogP contribution in [0.25, 0.3) is 0 Å². The van der Waals surface area contributed by atoms with Crippen molar-refractivity contribution >= 4 is 5.91 Å². The molecule has 0 saturated carbocycles. The molecule has 1 saturated heterocycles. The molecular weight excluding hydrogens is 256 g/mol. The Bertz CT molecular complexity index is 466. The maximum Gasteiger partial charge on any atom is 0.283 e. The first kappa shape index (κ1) is 14.9. The molecule has 1 aliphatic rings. The lowest BCUT2D eigenvalue weighted by molar-refractivity contribution is -0.00780. The second-order valence-corrected chi connectivity index (χ2v) is 5.26. The average molecular weight is 278 g/mol. The van der Waals surface area contributed by atoms with Crippen LogP contribution in [0.3, 0.4) is 0 Å². The van der Waals surface area contributed by atoms with E-state index in [0.717, 1.165) is 31.7 Å². The molecule has 0 spiro atoms. The molecule has 1 fully saturated rings. The number of amides is 1. The molecule has 2 unspecified atom stereocenters. The number of methoxy groups -OCH3 is 1. The van der Waals surface area contributed by atoms with Gasteiger partial charge in [-0.1, -0.05) is 13.0 Å². The van der Waals surface area contributed by atoms with Crippen molar-refractivity contribution in [1.29, 1.82) is 0 Å². The van der Waals surface area contributed by atoms with Crippen LogP contribution in [0.4, 0.5) is 0 Å². The second-order valence-electron chi connectivity index (χ2n) is 5.26. The van der Waals surface area contributed by atoms with Gasteiger partial charge in [-0.3, -0.25) is 15.1 Å². The van der Waals surface area contributed by atoms with Gasteiger partial charge in [0.1, 0.15) is 5.69 Å². The van der Waals surface area contributed by atoms with Crippen LogP contribution in [0.2, 0.25) is 0 Å². The number of carbonyl (C=O) groups is 1. The average Bonchev–Trinajstić information content (AvgIpc) is 2.48. The van der Waals surface area contributed by atoms with Crippen molar-refractivity contribution < 1.29 is 9.53 Å². The molecule has 3 N–H and O–H groups in total. The van der Waals surface area contributed by atoms with E-state index in [1.807, 2.05) is 12.1 Å².